The van der Waals surface area contributed by atoms with E-state index in [9.17, 15) is 9.59 Å². The summed E-state index contributed by atoms with van der Waals surface area (Å²) in [6.07, 6.45) is 3.56. The number of nitrogens with one attached hydrogen (secondary N) is 2. The van der Waals surface area contributed by atoms with Crippen molar-refractivity contribution in [3.05, 3.63) is 40.5 Å². The number of thiophene rings is 1. The molecule has 6 heteroatoms. The second-order valence-electron chi connectivity index (χ2n) is 5.99. The number of H-pyrrole nitrogens is 1. The molecule has 2 N–H and O–H groups in total. The molecule has 0 bridgehead atoms. The number of anilines is 1. The fourth-order valence-electron chi connectivity index (χ4n) is 2.14. The van der Waals surface area contributed by atoms with Crippen LogP contribution in [0.25, 0.3) is 11.6 Å². The number of hydrogen-bond acceptors (Lipinski definition) is 4. The molecule has 5 nitrogen and oxygen atoms in total. The SMILES string of the molecule is CC(C)(C)OC(=O)c1cc2c(s1)NC(=O)/C2=C\c1ccc[nH]1. The Hall–Kier alpha value is -2.34. The van der Waals surface area contributed by atoms with E-state index in [1.807, 2.05) is 32.9 Å². The second kappa shape index (κ2) is 5.14. The molecule has 1 amide bonds. The summed E-state index contributed by atoms with van der Waals surface area (Å²) in [6.45, 7) is 5.47. The van der Waals surface area contributed by atoms with Gasteiger partial charge in [0.25, 0.3) is 5.91 Å². The third kappa shape index (κ3) is 2.82. The number of carbonyl (C=O) groups is 2. The third-order valence-corrected chi connectivity index (χ3v) is 4.05. The van der Waals surface area contributed by atoms with Crippen molar-refractivity contribution in [2.75, 3.05) is 5.32 Å². The Bertz CT molecular complexity index is 764. The average molecular weight is 316 g/mol. The second-order valence-corrected chi connectivity index (χ2v) is 7.05. The van der Waals surface area contributed by atoms with Crippen molar-refractivity contribution in [1.82, 2.24) is 4.98 Å². The van der Waals surface area contributed by atoms with E-state index in [2.05, 4.69) is 10.3 Å². The molecule has 0 aliphatic carbocycles. The topological polar surface area (TPSA) is 71.2 Å². The highest BCUT2D eigenvalue weighted by atomic mass is 32.1. The molecule has 22 heavy (non-hydrogen) atoms. The van der Waals surface area contributed by atoms with Crippen LogP contribution in [-0.2, 0) is 9.53 Å². The van der Waals surface area contributed by atoms with E-state index in [0.29, 0.717) is 15.5 Å². The minimum absolute atomic E-state index is 0.161. The van der Waals surface area contributed by atoms with E-state index < -0.39 is 5.60 Å². The van der Waals surface area contributed by atoms with Gasteiger partial charge in [-0.3, -0.25) is 4.79 Å². The summed E-state index contributed by atoms with van der Waals surface area (Å²) in [5, 5.41) is 3.47. The maximum absolute atomic E-state index is 12.1. The summed E-state index contributed by atoms with van der Waals surface area (Å²) in [7, 11) is 0. The molecule has 0 fully saturated rings. The number of esters is 1. The Labute approximate surface area is 132 Å². The third-order valence-electron chi connectivity index (χ3n) is 3.02. The van der Waals surface area contributed by atoms with Crippen LogP contribution < -0.4 is 5.32 Å². The molecule has 1 aliphatic heterocycles. The molecule has 0 radical (unpaired) electrons. The van der Waals surface area contributed by atoms with Gasteiger partial charge in [-0.1, -0.05) is 0 Å². The predicted octanol–water partition coefficient (Wildman–Crippen LogP) is 3.52. The molecule has 0 unspecified atom stereocenters. The quantitative estimate of drug-likeness (QED) is 0.658. The van der Waals surface area contributed by atoms with Gasteiger partial charge in [0, 0.05) is 17.5 Å². The lowest BCUT2D eigenvalue weighted by atomic mass is 10.1. The number of aromatic nitrogens is 1. The zero-order valence-corrected chi connectivity index (χ0v) is 13.3. The van der Waals surface area contributed by atoms with Gasteiger partial charge in [-0.25, -0.2) is 4.79 Å². The summed E-state index contributed by atoms with van der Waals surface area (Å²) in [6, 6.07) is 5.44. The predicted molar refractivity (Wildman–Crippen MR) is 86.8 cm³/mol. The molecule has 0 saturated heterocycles. The summed E-state index contributed by atoms with van der Waals surface area (Å²) in [5.41, 5.74) is 1.58. The fourth-order valence-corrected chi connectivity index (χ4v) is 3.08. The number of fused-ring (bicyclic) bond motifs is 1. The molecular weight excluding hydrogens is 300 g/mol. The number of amides is 1. The van der Waals surface area contributed by atoms with Gasteiger partial charge in [0.15, 0.2) is 0 Å². The van der Waals surface area contributed by atoms with Crippen molar-refractivity contribution in [1.29, 1.82) is 0 Å². The first-order valence-corrected chi connectivity index (χ1v) is 7.69. The average Bonchev–Trinajstić information content (AvgIpc) is 3.06. The van der Waals surface area contributed by atoms with Crippen molar-refractivity contribution in [2.24, 2.45) is 0 Å². The summed E-state index contributed by atoms with van der Waals surface area (Å²) in [5.74, 6) is -0.535. The van der Waals surface area contributed by atoms with Crippen LogP contribution >= 0.6 is 11.3 Å². The largest absolute Gasteiger partial charge is 0.456 e. The molecule has 3 rings (SSSR count). The molecule has 1 aliphatic rings. The Morgan fingerprint density at radius 3 is 2.77 bits per heavy atom. The zero-order chi connectivity index (χ0) is 15.9. The van der Waals surface area contributed by atoms with Crippen LogP contribution in [0.1, 0.15) is 41.7 Å². The van der Waals surface area contributed by atoms with E-state index in [4.69, 9.17) is 4.74 Å². The normalized spacial score (nSPS) is 15.8. The first-order valence-electron chi connectivity index (χ1n) is 6.87. The van der Waals surface area contributed by atoms with E-state index in [0.717, 1.165) is 11.3 Å². The lowest BCUT2D eigenvalue weighted by Gasteiger charge is -2.18. The van der Waals surface area contributed by atoms with Gasteiger partial charge in [-0.15, -0.1) is 11.3 Å². The summed E-state index contributed by atoms with van der Waals surface area (Å²) >= 11 is 1.23. The van der Waals surface area contributed by atoms with Crippen molar-refractivity contribution >= 4 is 39.9 Å². The number of aromatic amines is 1. The monoisotopic (exact) mass is 316 g/mol. The van der Waals surface area contributed by atoms with Gasteiger partial charge >= 0.3 is 5.97 Å². The van der Waals surface area contributed by atoms with Crippen LogP contribution in [0.3, 0.4) is 0 Å². The maximum atomic E-state index is 12.1. The van der Waals surface area contributed by atoms with Gasteiger partial charge in [0.1, 0.15) is 15.5 Å². The zero-order valence-electron chi connectivity index (χ0n) is 12.5. The van der Waals surface area contributed by atoms with Crippen LogP contribution in [0, 0.1) is 0 Å². The summed E-state index contributed by atoms with van der Waals surface area (Å²) in [4.78, 5) is 27.7. The molecule has 3 heterocycles. The molecule has 2 aromatic rings. The molecule has 114 valence electrons. The number of carbonyl (C=O) groups excluding carboxylic acids is 2. The molecule has 0 spiro atoms. The van der Waals surface area contributed by atoms with Crippen molar-refractivity contribution in [3.8, 4) is 0 Å². The Morgan fingerprint density at radius 1 is 1.36 bits per heavy atom. The Kier molecular flexibility index (Phi) is 3.41. The highest BCUT2D eigenvalue weighted by Gasteiger charge is 2.30. The Morgan fingerprint density at radius 2 is 2.14 bits per heavy atom. The van der Waals surface area contributed by atoms with Gasteiger partial charge < -0.3 is 15.0 Å². The molecule has 0 aromatic carbocycles. The molecule has 2 aromatic heterocycles. The smallest absolute Gasteiger partial charge is 0.348 e. The van der Waals surface area contributed by atoms with Crippen molar-refractivity contribution in [2.45, 2.75) is 26.4 Å². The highest BCUT2D eigenvalue weighted by Crippen LogP contribution is 2.40. The number of rotatable bonds is 2. The van der Waals surface area contributed by atoms with Gasteiger partial charge in [-0.05, 0) is 45.0 Å². The first kappa shape index (κ1) is 14.6. The van der Waals surface area contributed by atoms with Crippen LogP contribution in [0.5, 0.6) is 0 Å². The molecular formula is C16H16N2O3S. The van der Waals surface area contributed by atoms with Crippen LogP contribution in [-0.4, -0.2) is 22.5 Å². The number of hydrogen-bond donors (Lipinski definition) is 2. The van der Waals surface area contributed by atoms with Gasteiger partial charge in [-0.2, -0.15) is 0 Å². The first-order chi connectivity index (χ1) is 10.3. The van der Waals surface area contributed by atoms with Gasteiger partial charge in [0.05, 0.1) is 5.57 Å². The van der Waals surface area contributed by atoms with E-state index in [-0.39, 0.29) is 11.9 Å². The minimum Gasteiger partial charge on any atom is -0.456 e. The van der Waals surface area contributed by atoms with Crippen molar-refractivity contribution in [3.63, 3.8) is 0 Å². The van der Waals surface area contributed by atoms with Crippen LogP contribution in [0.15, 0.2) is 24.4 Å². The van der Waals surface area contributed by atoms with E-state index in [1.54, 1.807) is 18.3 Å². The van der Waals surface area contributed by atoms with Crippen molar-refractivity contribution < 1.29 is 14.3 Å². The van der Waals surface area contributed by atoms with Crippen LogP contribution in [0.4, 0.5) is 5.00 Å². The minimum atomic E-state index is -0.544. The summed E-state index contributed by atoms with van der Waals surface area (Å²) < 4.78 is 5.36. The van der Waals surface area contributed by atoms with E-state index >= 15 is 0 Å². The highest BCUT2D eigenvalue weighted by molar-refractivity contribution is 7.18. The van der Waals surface area contributed by atoms with E-state index in [1.165, 1.54) is 11.3 Å². The molecule has 0 atom stereocenters. The standard InChI is InChI=1S/C16H16N2O3S/c1-16(2,3)21-15(20)12-8-11-10(7-9-5-4-6-17-9)13(19)18-14(11)22-12/h4-8,17H,1-3H3,(H,18,19)/b10-7-. The number of ether oxygens (including phenoxy) is 1. The maximum Gasteiger partial charge on any atom is 0.348 e. The molecule has 0 saturated carbocycles. The lowest BCUT2D eigenvalue weighted by Crippen LogP contribution is -2.23. The fraction of sp³-hybridized carbons (Fsp3) is 0.250. The Balaban J connectivity index is 1.92. The van der Waals surface area contributed by atoms with Gasteiger partial charge in [0.2, 0.25) is 0 Å². The lowest BCUT2D eigenvalue weighted by molar-refractivity contribution is -0.110. The van der Waals surface area contributed by atoms with Crippen LogP contribution in [0.2, 0.25) is 0 Å².